The standard InChI is InChI=1S/C24H27FN4O2/c1-5-29-22-11-15(10-20(25)19(22)13-26-29)21-8-7-17(24(28-21)31-4)18(14(2)3)12-16-6-9-23(30)27-16/h7-8,10-14,16H,5-6,9H2,1-4H3,(H,27,30). The number of aromatic nitrogens is 3. The smallest absolute Gasteiger partial charge is 0.221 e. The van der Waals surface area contributed by atoms with E-state index in [1.165, 1.54) is 6.07 Å². The van der Waals surface area contributed by atoms with E-state index in [0.717, 1.165) is 23.1 Å². The number of carbonyl (C=O) groups excluding carboxylic acids is 1. The van der Waals surface area contributed by atoms with E-state index in [0.29, 0.717) is 35.5 Å². The molecule has 1 saturated heterocycles. The largest absolute Gasteiger partial charge is 0.481 e. The van der Waals surface area contributed by atoms with Gasteiger partial charge in [-0.25, -0.2) is 9.37 Å². The molecule has 1 amide bonds. The fourth-order valence-corrected chi connectivity index (χ4v) is 4.08. The van der Waals surface area contributed by atoms with Crippen LogP contribution < -0.4 is 10.1 Å². The van der Waals surface area contributed by atoms with Crippen molar-refractivity contribution < 1.29 is 13.9 Å². The van der Waals surface area contributed by atoms with E-state index >= 15 is 0 Å². The molecule has 3 aromatic rings. The van der Waals surface area contributed by atoms with Crippen molar-refractivity contribution in [2.75, 3.05) is 7.11 Å². The van der Waals surface area contributed by atoms with Gasteiger partial charge >= 0.3 is 0 Å². The average molecular weight is 423 g/mol. The van der Waals surface area contributed by atoms with E-state index in [9.17, 15) is 9.18 Å². The van der Waals surface area contributed by atoms with E-state index in [1.807, 2.05) is 25.1 Å². The first-order valence-electron chi connectivity index (χ1n) is 10.6. The fraction of sp³-hybridized carbons (Fsp3) is 0.375. The summed E-state index contributed by atoms with van der Waals surface area (Å²) in [6.45, 7) is 6.83. The van der Waals surface area contributed by atoms with Crippen LogP contribution in [0.15, 0.2) is 36.5 Å². The number of aryl methyl sites for hydroxylation is 1. The van der Waals surface area contributed by atoms with Gasteiger partial charge in [-0.3, -0.25) is 9.48 Å². The summed E-state index contributed by atoms with van der Waals surface area (Å²) in [4.78, 5) is 16.3. The molecule has 1 unspecified atom stereocenters. The molecule has 1 N–H and O–H groups in total. The maximum Gasteiger partial charge on any atom is 0.221 e. The third-order valence-corrected chi connectivity index (χ3v) is 5.70. The van der Waals surface area contributed by atoms with Gasteiger partial charge in [0.2, 0.25) is 11.8 Å². The van der Waals surface area contributed by atoms with E-state index in [2.05, 4.69) is 30.3 Å². The van der Waals surface area contributed by atoms with Gasteiger partial charge < -0.3 is 10.1 Å². The minimum absolute atomic E-state index is 0.0140. The molecule has 1 aromatic carbocycles. The molecule has 162 valence electrons. The number of benzene rings is 1. The lowest BCUT2D eigenvalue weighted by Gasteiger charge is -2.18. The summed E-state index contributed by atoms with van der Waals surface area (Å²) in [5.74, 6) is 0.448. The Hall–Kier alpha value is -3.22. The quantitative estimate of drug-likeness (QED) is 0.631. The Bertz CT molecular complexity index is 1170. The second-order valence-electron chi connectivity index (χ2n) is 8.09. The van der Waals surface area contributed by atoms with Crippen molar-refractivity contribution in [3.63, 3.8) is 0 Å². The van der Waals surface area contributed by atoms with Crippen LogP contribution in [-0.4, -0.2) is 33.8 Å². The van der Waals surface area contributed by atoms with Crippen molar-refractivity contribution in [1.82, 2.24) is 20.1 Å². The minimum Gasteiger partial charge on any atom is -0.481 e. The van der Waals surface area contributed by atoms with Crippen molar-refractivity contribution >= 4 is 22.4 Å². The molecule has 1 fully saturated rings. The predicted octanol–water partition coefficient (Wildman–Crippen LogP) is 4.58. The molecule has 0 aliphatic carbocycles. The average Bonchev–Trinajstić information content (AvgIpc) is 3.37. The molecular formula is C24H27FN4O2. The normalized spacial score (nSPS) is 16.9. The molecule has 0 saturated carbocycles. The highest BCUT2D eigenvalue weighted by molar-refractivity contribution is 5.85. The topological polar surface area (TPSA) is 69.0 Å². The van der Waals surface area contributed by atoms with Gasteiger partial charge in [0.25, 0.3) is 0 Å². The van der Waals surface area contributed by atoms with Gasteiger partial charge in [0.1, 0.15) is 5.82 Å². The summed E-state index contributed by atoms with van der Waals surface area (Å²) < 4.78 is 22.1. The molecule has 0 bridgehead atoms. The number of nitrogens with zero attached hydrogens (tertiary/aromatic N) is 3. The Morgan fingerprint density at radius 1 is 1.39 bits per heavy atom. The molecule has 1 aliphatic rings. The molecule has 7 heteroatoms. The van der Waals surface area contributed by atoms with Crippen LogP contribution >= 0.6 is 0 Å². The first kappa shape index (κ1) is 21.0. The maximum absolute atomic E-state index is 14.7. The lowest BCUT2D eigenvalue weighted by atomic mass is 9.93. The van der Waals surface area contributed by atoms with Gasteiger partial charge in [0, 0.05) is 30.1 Å². The zero-order valence-electron chi connectivity index (χ0n) is 18.3. The Morgan fingerprint density at radius 3 is 2.84 bits per heavy atom. The second kappa shape index (κ2) is 8.49. The van der Waals surface area contributed by atoms with Gasteiger partial charge in [-0.1, -0.05) is 19.9 Å². The zero-order chi connectivity index (χ0) is 22.1. The van der Waals surface area contributed by atoms with Crippen LogP contribution in [0.5, 0.6) is 5.88 Å². The van der Waals surface area contributed by atoms with Crippen LogP contribution in [0, 0.1) is 11.7 Å². The fourth-order valence-electron chi connectivity index (χ4n) is 4.08. The van der Waals surface area contributed by atoms with E-state index in [-0.39, 0.29) is 23.7 Å². The molecule has 0 radical (unpaired) electrons. The van der Waals surface area contributed by atoms with Crippen LogP contribution in [0.25, 0.3) is 27.7 Å². The summed E-state index contributed by atoms with van der Waals surface area (Å²) in [7, 11) is 1.58. The predicted molar refractivity (Wildman–Crippen MR) is 119 cm³/mol. The van der Waals surface area contributed by atoms with Crippen LogP contribution in [0.4, 0.5) is 4.39 Å². The molecule has 3 heterocycles. The number of hydrogen-bond acceptors (Lipinski definition) is 4. The third kappa shape index (κ3) is 4.04. The van der Waals surface area contributed by atoms with E-state index < -0.39 is 0 Å². The summed E-state index contributed by atoms with van der Waals surface area (Å²) in [6.07, 6.45) is 4.98. The highest BCUT2D eigenvalue weighted by Gasteiger charge is 2.22. The Balaban J connectivity index is 1.77. The molecular weight excluding hydrogens is 395 g/mol. The van der Waals surface area contributed by atoms with E-state index in [1.54, 1.807) is 18.0 Å². The number of amides is 1. The number of methoxy groups -OCH3 is 1. The van der Waals surface area contributed by atoms with Crippen LogP contribution in [0.3, 0.4) is 0 Å². The number of pyridine rings is 1. The Labute approximate surface area is 181 Å². The first-order valence-corrected chi connectivity index (χ1v) is 10.6. The SMILES string of the molecule is CCn1ncc2c(F)cc(-c3ccc(C(=CC4CCC(=O)N4)C(C)C)c(OC)n3)cc21. The van der Waals surface area contributed by atoms with E-state index in [4.69, 9.17) is 9.72 Å². The summed E-state index contributed by atoms with van der Waals surface area (Å²) in [5.41, 5.74) is 3.98. The van der Waals surface area contributed by atoms with Gasteiger partial charge in [-0.2, -0.15) is 5.10 Å². The number of halogens is 1. The molecule has 6 nitrogen and oxygen atoms in total. The summed E-state index contributed by atoms with van der Waals surface area (Å²) in [5, 5.41) is 7.73. The molecule has 1 atom stereocenters. The number of allylic oxidation sites excluding steroid dienone is 1. The Kier molecular flexibility index (Phi) is 5.76. The van der Waals surface area contributed by atoms with Crippen LogP contribution in [-0.2, 0) is 11.3 Å². The second-order valence-corrected chi connectivity index (χ2v) is 8.09. The van der Waals surface area contributed by atoms with Crippen LogP contribution in [0.1, 0.15) is 39.2 Å². The number of nitrogens with one attached hydrogen (secondary N) is 1. The lowest BCUT2D eigenvalue weighted by molar-refractivity contribution is -0.119. The lowest BCUT2D eigenvalue weighted by Crippen LogP contribution is -2.23. The number of carbonyl (C=O) groups is 1. The number of rotatable bonds is 6. The molecule has 2 aromatic heterocycles. The van der Waals surface area contributed by atoms with Crippen molar-refractivity contribution in [3.8, 4) is 17.1 Å². The van der Waals surface area contributed by atoms with Crippen molar-refractivity contribution in [2.45, 2.75) is 46.2 Å². The minimum atomic E-state index is -0.322. The molecule has 1 aliphatic heterocycles. The van der Waals surface area contributed by atoms with Gasteiger partial charge in [-0.15, -0.1) is 0 Å². The van der Waals surface area contributed by atoms with Crippen molar-refractivity contribution in [2.24, 2.45) is 5.92 Å². The van der Waals surface area contributed by atoms with Gasteiger partial charge in [0.15, 0.2) is 0 Å². The first-order chi connectivity index (χ1) is 14.9. The van der Waals surface area contributed by atoms with Gasteiger partial charge in [-0.05, 0) is 49.1 Å². The third-order valence-electron chi connectivity index (χ3n) is 5.70. The monoisotopic (exact) mass is 422 g/mol. The van der Waals surface area contributed by atoms with Gasteiger partial charge in [0.05, 0.1) is 29.9 Å². The number of hydrogen-bond donors (Lipinski definition) is 1. The molecule has 4 rings (SSSR count). The van der Waals surface area contributed by atoms with Crippen LogP contribution in [0.2, 0.25) is 0 Å². The summed E-state index contributed by atoms with van der Waals surface area (Å²) in [6, 6.07) is 7.25. The molecule has 31 heavy (non-hydrogen) atoms. The molecule has 0 spiro atoms. The number of fused-ring (bicyclic) bond motifs is 1. The highest BCUT2D eigenvalue weighted by Crippen LogP contribution is 2.34. The highest BCUT2D eigenvalue weighted by atomic mass is 19.1. The van der Waals surface area contributed by atoms with Crippen molar-refractivity contribution in [1.29, 1.82) is 0 Å². The number of ether oxygens (including phenoxy) is 1. The van der Waals surface area contributed by atoms with Crippen molar-refractivity contribution in [3.05, 3.63) is 47.9 Å². The zero-order valence-corrected chi connectivity index (χ0v) is 18.3. The maximum atomic E-state index is 14.7. The Morgan fingerprint density at radius 2 is 2.19 bits per heavy atom. The summed E-state index contributed by atoms with van der Waals surface area (Å²) >= 11 is 0.